The van der Waals surface area contributed by atoms with Crippen molar-refractivity contribution in [1.29, 1.82) is 0 Å². The van der Waals surface area contributed by atoms with Crippen molar-refractivity contribution >= 4 is 0 Å². The van der Waals surface area contributed by atoms with Gasteiger partial charge in [0.2, 0.25) is 0 Å². The summed E-state index contributed by atoms with van der Waals surface area (Å²) >= 11 is 0. The molecule has 0 radical (unpaired) electrons. The zero-order chi connectivity index (χ0) is 11.4. The van der Waals surface area contributed by atoms with Gasteiger partial charge >= 0.3 is 0 Å². The van der Waals surface area contributed by atoms with Crippen molar-refractivity contribution in [3.8, 4) is 0 Å². The van der Waals surface area contributed by atoms with Gasteiger partial charge in [0.1, 0.15) is 0 Å². The minimum absolute atomic E-state index is 0.0444. The first-order valence-electron chi connectivity index (χ1n) is 6.95. The standard InChI is InChI=1S/C14H25NO/c1-10(2)13(3)8-15-9-14(16-13)7-11-4-5-12(14)6-11/h10-12,15H,4-9H2,1-3H3. The van der Waals surface area contributed by atoms with Crippen LogP contribution in [0.15, 0.2) is 0 Å². The molecule has 3 rings (SSSR count). The van der Waals surface area contributed by atoms with Crippen LogP contribution in [0.2, 0.25) is 0 Å². The Morgan fingerprint density at radius 3 is 2.62 bits per heavy atom. The maximum absolute atomic E-state index is 6.66. The summed E-state index contributed by atoms with van der Waals surface area (Å²) in [6, 6.07) is 0. The molecule has 92 valence electrons. The van der Waals surface area contributed by atoms with Gasteiger partial charge in [0.15, 0.2) is 0 Å². The second-order valence-corrected chi connectivity index (χ2v) is 6.82. The first kappa shape index (κ1) is 11.0. The number of rotatable bonds is 1. The molecule has 0 aromatic carbocycles. The molecule has 2 nitrogen and oxygen atoms in total. The molecule has 2 aliphatic carbocycles. The van der Waals surface area contributed by atoms with Crippen molar-refractivity contribution in [3.05, 3.63) is 0 Å². The molecule has 4 atom stereocenters. The van der Waals surface area contributed by atoms with Crippen molar-refractivity contribution in [3.63, 3.8) is 0 Å². The Morgan fingerprint density at radius 1 is 1.25 bits per heavy atom. The van der Waals surface area contributed by atoms with E-state index in [2.05, 4.69) is 26.1 Å². The normalized spacial score (nSPS) is 51.8. The number of hydrogen-bond donors (Lipinski definition) is 1. The molecule has 3 fully saturated rings. The lowest BCUT2D eigenvalue weighted by Crippen LogP contribution is -2.63. The van der Waals surface area contributed by atoms with Crippen LogP contribution >= 0.6 is 0 Å². The fraction of sp³-hybridized carbons (Fsp3) is 1.00. The van der Waals surface area contributed by atoms with Gasteiger partial charge in [0, 0.05) is 13.1 Å². The highest BCUT2D eigenvalue weighted by Gasteiger charge is 2.56. The molecule has 1 spiro atoms. The fourth-order valence-corrected chi connectivity index (χ4v) is 4.12. The highest BCUT2D eigenvalue weighted by molar-refractivity contribution is 5.07. The summed E-state index contributed by atoms with van der Waals surface area (Å²) in [7, 11) is 0. The van der Waals surface area contributed by atoms with Crippen molar-refractivity contribution in [1.82, 2.24) is 5.32 Å². The van der Waals surface area contributed by atoms with Gasteiger partial charge in [-0.3, -0.25) is 0 Å². The summed E-state index contributed by atoms with van der Waals surface area (Å²) in [6.07, 6.45) is 5.59. The third-order valence-corrected chi connectivity index (χ3v) is 5.48. The Morgan fingerprint density at radius 2 is 2.06 bits per heavy atom. The quantitative estimate of drug-likeness (QED) is 0.737. The van der Waals surface area contributed by atoms with E-state index >= 15 is 0 Å². The molecule has 2 heteroatoms. The molecule has 2 saturated carbocycles. The number of ether oxygens (including phenoxy) is 1. The van der Waals surface area contributed by atoms with Crippen LogP contribution in [0.4, 0.5) is 0 Å². The van der Waals surface area contributed by atoms with E-state index in [1.165, 1.54) is 25.7 Å². The van der Waals surface area contributed by atoms with E-state index in [1.807, 2.05) is 0 Å². The minimum atomic E-state index is 0.0444. The van der Waals surface area contributed by atoms with Crippen LogP contribution in [0.1, 0.15) is 46.5 Å². The molecule has 16 heavy (non-hydrogen) atoms. The monoisotopic (exact) mass is 223 g/mol. The topological polar surface area (TPSA) is 21.3 Å². The predicted octanol–water partition coefficient (Wildman–Crippen LogP) is 2.58. The number of fused-ring (bicyclic) bond motifs is 3. The maximum atomic E-state index is 6.66. The van der Waals surface area contributed by atoms with Crippen LogP contribution in [0.5, 0.6) is 0 Å². The largest absolute Gasteiger partial charge is 0.366 e. The van der Waals surface area contributed by atoms with Gasteiger partial charge < -0.3 is 10.1 Å². The fourth-order valence-electron chi connectivity index (χ4n) is 4.12. The second-order valence-electron chi connectivity index (χ2n) is 6.82. The molecule has 1 saturated heterocycles. The molecular weight excluding hydrogens is 198 g/mol. The van der Waals surface area contributed by atoms with E-state index in [0.29, 0.717) is 5.92 Å². The van der Waals surface area contributed by atoms with Gasteiger partial charge in [0.05, 0.1) is 11.2 Å². The summed E-state index contributed by atoms with van der Waals surface area (Å²) in [6.45, 7) is 8.97. The molecule has 4 unspecified atom stereocenters. The smallest absolute Gasteiger partial charge is 0.0845 e. The average molecular weight is 223 g/mol. The van der Waals surface area contributed by atoms with E-state index in [9.17, 15) is 0 Å². The first-order chi connectivity index (χ1) is 7.54. The van der Waals surface area contributed by atoms with Crippen LogP contribution < -0.4 is 5.32 Å². The van der Waals surface area contributed by atoms with E-state index in [-0.39, 0.29) is 11.2 Å². The second kappa shape index (κ2) is 3.46. The molecule has 0 amide bonds. The van der Waals surface area contributed by atoms with Crippen LogP contribution in [-0.2, 0) is 4.74 Å². The van der Waals surface area contributed by atoms with Crippen molar-refractivity contribution in [2.45, 2.75) is 57.7 Å². The van der Waals surface area contributed by atoms with Crippen LogP contribution in [0.3, 0.4) is 0 Å². The summed E-state index contributed by atoms with van der Waals surface area (Å²) in [4.78, 5) is 0. The molecular formula is C14H25NO. The lowest BCUT2D eigenvalue weighted by molar-refractivity contribution is -0.208. The Hall–Kier alpha value is -0.0800. The molecule has 3 aliphatic rings. The van der Waals surface area contributed by atoms with Crippen LogP contribution in [-0.4, -0.2) is 24.3 Å². The highest BCUT2D eigenvalue weighted by Crippen LogP contribution is 2.54. The van der Waals surface area contributed by atoms with Gasteiger partial charge in [0.25, 0.3) is 0 Å². The summed E-state index contributed by atoms with van der Waals surface area (Å²) in [5.74, 6) is 2.39. The summed E-state index contributed by atoms with van der Waals surface area (Å²) < 4.78 is 6.66. The zero-order valence-electron chi connectivity index (χ0n) is 10.9. The van der Waals surface area contributed by atoms with Crippen molar-refractivity contribution in [2.75, 3.05) is 13.1 Å². The van der Waals surface area contributed by atoms with Gasteiger partial charge in [-0.15, -0.1) is 0 Å². The average Bonchev–Trinajstić information content (AvgIpc) is 2.77. The molecule has 0 aromatic heterocycles. The minimum Gasteiger partial charge on any atom is -0.366 e. The van der Waals surface area contributed by atoms with Crippen LogP contribution in [0.25, 0.3) is 0 Å². The first-order valence-corrected chi connectivity index (χ1v) is 6.95. The van der Waals surface area contributed by atoms with Gasteiger partial charge in [-0.2, -0.15) is 0 Å². The number of morpholine rings is 1. The Bertz CT molecular complexity index is 290. The lowest BCUT2D eigenvalue weighted by Gasteiger charge is -2.51. The maximum Gasteiger partial charge on any atom is 0.0845 e. The molecule has 2 bridgehead atoms. The molecule has 1 aliphatic heterocycles. The summed E-state index contributed by atoms with van der Waals surface area (Å²) in [5, 5.41) is 3.65. The zero-order valence-corrected chi connectivity index (χ0v) is 10.9. The van der Waals surface area contributed by atoms with E-state index in [1.54, 1.807) is 0 Å². The van der Waals surface area contributed by atoms with Crippen molar-refractivity contribution < 1.29 is 4.74 Å². The molecule has 0 aromatic rings. The van der Waals surface area contributed by atoms with Gasteiger partial charge in [-0.25, -0.2) is 0 Å². The van der Waals surface area contributed by atoms with Crippen LogP contribution in [0, 0.1) is 17.8 Å². The number of nitrogens with one attached hydrogen (secondary N) is 1. The Labute approximate surface area is 99.1 Å². The third-order valence-electron chi connectivity index (χ3n) is 5.48. The van der Waals surface area contributed by atoms with Gasteiger partial charge in [-0.1, -0.05) is 13.8 Å². The van der Waals surface area contributed by atoms with E-state index < -0.39 is 0 Å². The Kier molecular flexibility index (Phi) is 2.38. The van der Waals surface area contributed by atoms with E-state index in [4.69, 9.17) is 4.74 Å². The lowest BCUT2D eigenvalue weighted by atomic mass is 9.79. The molecule has 1 heterocycles. The SMILES string of the molecule is CC(C)C1(C)CNCC2(CC3CCC2C3)O1. The van der Waals surface area contributed by atoms with Crippen molar-refractivity contribution in [2.24, 2.45) is 17.8 Å². The molecule has 1 N–H and O–H groups in total. The predicted molar refractivity (Wildman–Crippen MR) is 65.4 cm³/mol. The Balaban J connectivity index is 1.82. The van der Waals surface area contributed by atoms with Gasteiger partial charge in [-0.05, 0) is 50.4 Å². The third kappa shape index (κ3) is 1.46. The number of hydrogen-bond acceptors (Lipinski definition) is 2. The van der Waals surface area contributed by atoms with E-state index in [0.717, 1.165) is 24.9 Å². The highest BCUT2D eigenvalue weighted by atomic mass is 16.5. The summed E-state index contributed by atoms with van der Waals surface area (Å²) in [5.41, 5.74) is 0.239.